The van der Waals surface area contributed by atoms with E-state index < -0.39 is 0 Å². The molecule has 0 saturated carbocycles. The predicted molar refractivity (Wildman–Crippen MR) is 65.5 cm³/mol. The van der Waals surface area contributed by atoms with E-state index in [0.717, 1.165) is 11.3 Å². The molecule has 0 radical (unpaired) electrons. The minimum Gasteiger partial charge on any atom is -0.479 e. The maximum Gasteiger partial charge on any atom is 0.320 e. The molecule has 0 bridgehead atoms. The largest absolute Gasteiger partial charge is 0.479 e. The Morgan fingerprint density at radius 1 is 1.12 bits per heavy atom. The van der Waals surface area contributed by atoms with Crippen LogP contribution in [0.2, 0.25) is 0 Å². The van der Waals surface area contributed by atoms with Crippen LogP contribution >= 0.6 is 0 Å². The third-order valence-electron chi connectivity index (χ3n) is 2.12. The van der Waals surface area contributed by atoms with Crippen molar-refractivity contribution < 1.29 is 5.11 Å². The van der Waals surface area contributed by atoms with Crippen molar-refractivity contribution >= 4 is 17.6 Å². The molecule has 2 aromatic rings. The number of hydrogen-bond donors (Lipinski definition) is 3. The molecule has 17 heavy (non-hydrogen) atoms. The molecule has 88 valence electrons. The average molecular weight is 231 g/mol. The van der Waals surface area contributed by atoms with E-state index in [0.29, 0.717) is 11.9 Å². The Labute approximate surface area is 98.8 Å². The predicted octanol–water partition coefficient (Wildman–Crippen LogP) is 1.67. The zero-order valence-corrected chi connectivity index (χ0v) is 9.60. The highest BCUT2D eigenvalue weighted by atomic mass is 16.3. The lowest BCUT2D eigenvalue weighted by Gasteiger charge is -2.06. The van der Waals surface area contributed by atoms with Crippen LogP contribution in [0.4, 0.5) is 17.6 Å². The van der Waals surface area contributed by atoms with Crippen LogP contribution in [0.15, 0.2) is 24.3 Å². The minimum atomic E-state index is -0.320. The van der Waals surface area contributed by atoms with Crippen molar-refractivity contribution in [3.05, 3.63) is 29.8 Å². The molecule has 6 nitrogen and oxygen atoms in total. The van der Waals surface area contributed by atoms with E-state index in [2.05, 4.69) is 25.6 Å². The number of rotatable bonds is 3. The zero-order valence-electron chi connectivity index (χ0n) is 9.60. The Kier molecular flexibility index (Phi) is 3.04. The van der Waals surface area contributed by atoms with Crippen LogP contribution in [0.5, 0.6) is 6.01 Å². The monoisotopic (exact) mass is 231 g/mol. The van der Waals surface area contributed by atoms with E-state index in [-0.39, 0.29) is 6.01 Å². The fraction of sp³-hybridized carbons (Fsp3) is 0.182. The highest BCUT2D eigenvalue weighted by molar-refractivity contribution is 5.55. The molecule has 2 rings (SSSR count). The molecule has 0 aliphatic rings. The molecular formula is C11H13N5O. The Morgan fingerprint density at radius 2 is 1.88 bits per heavy atom. The van der Waals surface area contributed by atoms with Crippen LogP contribution in [0.25, 0.3) is 0 Å². The molecule has 3 N–H and O–H groups in total. The van der Waals surface area contributed by atoms with E-state index in [4.69, 9.17) is 0 Å². The van der Waals surface area contributed by atoms with E-state index >= 15 is 0 Å². The standard InChI is InChI=1S/C11H13N5O/c1-7-4-3-5-8(6-7)13-10-14-9(12-2)15-11(17)16-10/h3-6H,1-2H3,(H3,12,13,14,15,16,17). The van der Waals surface area contributed by atoms with Crippen LogP contribution in [0, 0.1) is 6.92 Å². The van der Waals surface area contributed by atoms with Crippen molar-refractivity contribution in [2.75, 3.05) is 17.7 Å². The number of nitrogens with one attached hydrogen (secondary N) is 2. The van der Waals surface area contributed by atoms with Gasteiger partial charge in [0.05, 0.1) is 0 Å². The van der Waals surface area contributed by atoms with E-state index in [1.165, 1.54) is 0 Å². The van der Waals surface area contributed by atoms with Crippen molar-refractivity contribution in [1.82, 2.24) is 15.0 Å². The summed E-state index contributed by atoms with van der Waals surface area (Å²) in [6.45, 7) is 2.00. The summed E-state index contributed by atoms with van der Waals surface area (Å²) >= 11 is 0. The molecule has 1 aromatic heterocycles. The van der Waals surface area contributed by atoms with E-state index in [1.807, 2.05) is 31.2 Å². The van der Waals surface area contributed by atoms with E-state index in [9.17, 15) is 5.11 Å². The lowest BCUT2D eigenvalue weighted by Crippen LogP contribution is -2.03. The third-order valence-corrected chi connectivity index (χ3v) is 2.12. The Bertz CT molecular complexity index is 529. The minimum absolute atomic E-state index is 0.299. The molecule has 0 aliphatic heterocycles. The summed E-state index contributed by atoms with van der Waals surface area (Å²) in [5, 5.41) is 15.1. The van der Waals surface area contributed by atoms with Gasteiger partial charge in [-0.2, -0.15) is 15.0 Å². The van der Waals surface area contributed by atoms with Gasteiger partial charge in [-0.1, -0.05) is 12.1 Å². The third kappa shape index (κ3) is 2.81. The molecule has 0 aliphatic carbocycles. The van der Waals surface area contributed by atoms with Gasteiger partial charge in [0.25, 0.3) is 0 Å². The van der Waals surface area contributed by atoms with Gasteiger partial charge in [-0.15, -0.1) is 0 Å². The highest BCUT2D eigenvalue weighted by Crippen LogP contribution is 2.16. The summed E-state index contributed by atoms with van der Waals surface area (Å²) in [6.07, 6.45) is 0. The summed E-state index contributed by atoms with van der Waals surface area (Å²) in [7, 11) is 1.67. The maximum absolute atomic E-state index is 9.32. The first-order valence-electron chi connectivity index (χ1n) is 5.14. The van der Waals surface area contributed by atoms with Gasteiger partial charge >= 0.3 is 6.01 Å². The normalized spacial score (nSPS) is 10.0. The molecule has 0 spiro atoms. The number of benzene rings is 1. The number of aromatic hydroxyl groups is 1. The Hall–Kier alpha value is -2.37. The molecule has 1 heterocycles. The average Bonchev–Trinajstić information content (AvgIpc) is 2.28. The molecule has 6 heteroatoms. The zero-order chi connectivity index (χ0) is 12.3. The molecule has 0 unspecified atom stereocenters. The highest BCUT2D eigenvalue weighted by Gasteiger charge is 2.04. The van der Waals surface area contributed by atoms with Gasteiger partial charge in [0, 0.05) is 12.7 Å². The van der Waals surface area contributed by atoms with Gasteiger partial charge in [-0.25, -0.2) is 0 Å². The van der Waals surface area contributed by atoms with Gasteiger partial charge in [0.15, 0.2) is 0 Å². The summed E-state index contributed by atoms with van der Waals surface area (Å²) in [5.74, 6) is 0.611. The Balaban J connectivity index is 2.26. The smallest absolute Gasteiger partial charge is 0.320 e. The summed E-state index contributed by atoms with van der Waals surface area (Å²) in [4.78, 5) is 11.6. The second-order valence-corrected chi connectivity index (χ2v) is 3.53. The van der Waals surface area contributed by atoms with Crippen LogP contribution in [-0.2, 0) is 0 Å². The second-order valence-electron chi connectivity index (χ2n) is 3.53. The first kappa shape index (κ1) is 11.1. The fourth-order valence-electron chi connectivity index (χ4n) is 1.38. The quantitative estimate of drug-likeness (QED) is 0.745. The lowest BCUT2D eigenvalue weighted by molar-refractivity contribution is 0.430. The van der Waals surface area contributed by atoms with Gasteiger partial charge < -0.3 is 15.7 Å². The molecule has 0 atom stereocenters. The van der Waals surface area contributed by atoms with Crippen molar-refractivity contribution in [1.29, 1.82) is 0 Å². The number of aromatic nitrogens is 3. The van der Waals surface area contributed by atoms with E-state index in [1.54, 1.807) is 7.05 Å². The number of nitrogens with zero attached hydrogens (tertiary/aromatic N) is 3. The molecular weight excluding hydrogens is 218 g/mol. The summed E-state index contributed by atoms with van der Waals surface area (Å²) < 4.78 is 0. The van der Waals surface area contributed by atoms with Gasteiger partial charge in [0.1, 0.15) is 0 Å². The second kappa shape index (κ2) is 4.65. The van der Waals surface area contributed by atoms with Crippen molar-refractivity contribution in [2.24, 2.45) is 0 Å². The number of aryl methyl sites for hydroxylation is 1. The van der Waals surface area contributed by atoms with Crippen LogP contribution in [-0.4, -0.2) is 27.1 Å². The van der Waals surface area contributed by atoms with Gasteiger partial charge in [-0.3, -0.25) is 0 Å². The maximum atomic E-state index is 9.32. The van der Waals surface area contributed by atoms with Crippen molar-refractivity contribution in [3.63, 3.8) is 0 Å². The van der Waals surface area contributed by atoms with Crippen LogP contribution in [0.1, 0.15) is 5.56 Å². The van der Waals surface area contributed by atoms with Crippen LogP contribution < -0.4 is 10.6 Å². The van der Waals surface area contributed by atoms with Gasteiger partial charge in [-0.05, 0) is 24.6 Å². The first-order valence-corrected chi connectivity index (χ1v) is 5.14. The van der Waals surface area contributed by atoms with Crippen molar-refractivity contribution in [2.45, 2.75) is 6.92 Å². The van der Waals surface area contributed by atoms with Crippen molar-refractivity contribution in [3.8, 4) is 6.01 Å². The van der Waals surface area contributed by atoms with Gasteiger partial charge in [0.2, 0.25) is 11.9 Å². The molecule has 0 fully saturated rings. The number of hydrogen-bond acceptors (Lipinski definition) is 6. The topological polar surface area (TPSA) is 83.0 Å². The molecule has 0 amide bonds. The number of anilines is 3. The summed E-state index contributed by atoms with van der Waals surface area (Å²) in [6, 6.07) is 7.46. The lowest BCUT2D eigenvalue weighted by atomic mass is 10.2. The van der Waals surface area contributed by atoms with Crippen LogP contribution in [0.3, 0.4) is 0 Å². The molecule has 1 aromatic carbocycles. The molecule has 0 saturated heterocycles. The SMILES string of the molecule is CNc1nc(O)nc(Nc2cccc(C)c2)n1. The first-order chi connectivity index (χ1) is 8.17. The summed E-state index contributed by atoms with van der Waals surface area (Å²) in [5.41, 5.74) is 1.99. The Morgan fingerprint density at radius 3 is 2.59 bits per heavy atom. The fourth-order valence-corrected chi connectivity index (χ4v) is 1.38.